The Bertz CT molecular complexity index is 815. The van der Waals surface area contributed by atoms with Gasteiger partial charge in [0.25, 0.3) is 5.91 Å². The number of hydrogen-bond donors (Lipinski definition) is 2. The molecule has 0 spiro atoms. The van der Waals surface area contributed by atoms with Crippen LogP contribution in [0.2, 0.25) is 0 Å². The fraction of sp³-hybridized carbons (Fsp3) is 0.222. The fourth-order valence-corrected chi connectivity index (χ4v) is 2.31. The number of amides is 1. The Labute approximate surface area is 145 Å². The van der Waals surface area contributed by atoms with Gasteiger partial charge in [-0.25, -0.2) is 0 Å². The van der Waals surface area contributed by atoms with Crippen LogP contribution in [0.5, 0.6) is 0 Å². The maximum absolute atomic E-state index is 12.1. The number of benzene rings is 1. The molecular weight excluding hydrogens is 318 g/mol. The Hall–Kier alpha value is -3.22. The average molecular weight is 337 g/mol. The second kappa shape index (κ2) is 8.05. The first kappa shape index (κ1) is 16.6. The van der Waals surface area contributed by atoms with Crippen LogP contribution in [-0.4, -0.2) is 27.8 Å². The molecule has 25 heavy (non-hydrogen) atoms. The van der Waals surface area contributed by atoms with Gasteiger partial charge in [0.05, 0.1) is 0 Å². The molecule has 0 radical (unpaired) electrons. The number of rotatable bonds is 7. The van der Waals surface area contributed by atoms with Crippen molar-refractivity contribution in [2.45, 2.75) is 19.8 Å². The summed E-state index contributed by atoms with van der Waals surface area (Å²) in [5, 5.41) is 17.5. The van der Waals surface area contributed by atoms with Crippen LogP contribution in [0.3, 0.4) is 0 Å². The van der Waals surface area contributed by atoms with Crippen LogP contribution in [-0.2, 0) is 6.42 Å². The van der Waals surface area contributed by atoms with Crippen molar-refractivity contribution in [1.29, 1.82) is 0 Å². The molecule has 3 rings (SSSR count). The van der Waals surface area contributed by atoms with Crippen molar-refractivity contribution >= 4 is 17.5 Å². The molecule has 2 aromatic heterocycles. The highest BCUT2D eigenvalue weighted by atomic mass is 16.5. The summed E-state index contributed by atoms with van der Waals surface area (Å²) in [6.45, 7) is 2.39. The molecule has 2 heterocycles. The van der Waals surface area contributed by atoms with Crippen molar-refractivity contribution in [2.75, 3.05) is 11.9 Å². The van der Waals surface area contributed by atoms with Gasteiger partial charge in [0, 0.05) is 12.6 Å². The number of carbonyl (C=O) groups excluding carboxylic acids is 1. The number of anilines is 2. The van der Waals surface area contributed by atoms with Gasteiger partial charge < -0.3 is 15.2 Å². The lowest BCUT2D eigenvalue weighted by Crippen LogP contribution is -2.26. The quantitative estimate of drug-likeness (QED) is 0.644. The lowest BCUT2D eigenvalue weighted by Gasteiger charge is -2.05. The number of nitrogens with one attached hydrogen (secondary N) is 2. The van der Waals surface area contributed by atoms with E-state index in [1.807, 2.05) is 18.2 Å². The first-order valence-corrected chi connectivity index (χ1v) is 8.07. The molecule has 0 aliphatic rings. The van der Waals surface area contributed by atoms with E-state index in [0.29, 0.717) is 23.9 Å². The molecule has 0 aliphatic carbocycles. The van der Waals surface area contributed by atoms with Crippen molar-refractivity contribution in [1.82, 2.24) is 20.7 Å². The third kappa shape index (κ3) is 4.87. The summed E-state index contributed by atoms with van der Waals surface area (Å²) in [5.74, 6) is 1.50. The highest BCUT2D eigenvalue weighted by Crippen LogP contribution is 2.13. The molecule has 0 unspecified atom stereocenters. The van der Waals surface area contributed by atoms with E-state index in [4.69, 9.17) is 4.52 Å². The summed E-state index contributed by atoms with van der Waals surface area (Å²) in [7, 11) is 0. The van der Waals surface area contributed by atoms with Crippen LogP contribution in [0.25, 0.3) is 0 Å². The summed E-state index contributed by atoms with van der Waals surface area (Å²) in [6, 6.07) is 15.2. The van der Waals surface area contributed by atoms with Crippen LogP contribution in [0, 0.1) is 6.92 Å². The minimum absolute atomic E-state index is 0.232. The van der Waals surface area contributed by atoms with E-state index in [2.05, 4.69) is 38.1 Å². The zero-order valence-electron chi connectivity index (χ0n) is 13.9. The first-order valence-electron chi connectivity index (χ1n) is 8.07. The summed E-state index contributed by atoms with van der Waals surface area (Å²) in [5.41, 5.74) is 1.54. The van der Waals surface area contributed by atoms with Gasteiger partial charge >= 0.3 is 0 Å². The zero-order chi connectivity index (χ0) is 17.5. The SMILES string of the molecule is Cc1cc(Nc2ccc(C(=O)NCCCc3ccccc3)nn2)no1. The number of aromatic nitrogens is 3. The molecular formula is C18H19N5O2. The van der Waals surface area contributed by atoms with Gasteiger partial charge in [0.15, 0.2) is 17.3 Å². The van der Waals surface area contributed by atoms with Gasteiger partial charge in [-0.2, -0.15) is 0 Å². The summed E-state index contributed by atoms with van der Waals surface area (Å²) in [4.78, 5) is 12.1. The van der Waals surface area contributed by atoms with Crippen molar-refractivity contribution in [2.24, 2.45) is 0 Å². The van der Waals surface area contributed by atoms with Crippen LogP contribution >= 0.6 is 0 Å². The Kier molecular flexibility index (Phi) is 5.36. The Morgan fingerprint density at radius 1 is 1.08 bits per heavy atom. The molecule has 0 fully saturated rings. The number of carbonyl (C=O) groups is 1. The molecule has 1 amide bonds. The van der Waals surface area contributed by atoms with Gasteiger partial charge in [-0.05, 0) is 37.5 Å². The lowest BCUT2D eigenvalue weighted by atomic mass is 10.1. The standard InChI is InChI=1S/C18H19N5O2/c1-13-12-17(23-25-13)20-16-10-9-15(21-22-16)18(24)19-11-5-8-14-6-3-2-4-7-14/h2-4,6-7,9-10,12H,5,8,11H2,1H3,(H,19,24)(H,20,22,23). The fourth-order valence-electron chi connectivity index (χ4n) is 2.31. The van der Waals surface area contributed by atoms with Gasteiger partial charge in [-0.3, -0.25) is 4.79 Å². The van der Waals surface area contributed by atoms with Crippen LogP contribution in [0.15, 0.2) is 53.1 Å². The van der Waals surface area contributed by atoms with E-state index >= 15 is 0 Å². The lowest BCUT2D eigenvalue weighted by molar-refractivity contribution is 0.0947. The monoisotopic (exact) mass is 337 g/mol. The number of aryl methyl sites for hydroxylation is 2. The largest absolute Gasteiger partial charge is 0.360 e. The van der Waals surface area contributed by atoms with E-state index in [1.165, 1.54) is 5.56 Å². The Morgan fingerprint density at radius 2 is 1.92 bits per heavy atom. The highest BCUT2D eigenvalue weighted by molar-refractivity contribution is 5.92. The number of nitrogens with zero attached hydrogens (tertiary/aromatic N) is 3. The molecule has 128 valence electrons. The normalized spacial score (nSPS) is 10.4. The van der Waals surface area contributed by atoms with Gasteiger partial charge in [-0.15, -0.1) is 10.2 Å². The molecule has 7 nitrogen and oxygen atoms in total. The minimum atomic E-state index is -0.232. The van der Waals surface area contributed by atoms with E-state index in [0.717, 1.165) is 12.8 Å². The van der Waals surface area contributed by atoms with Crippen molar-refractivity contribution in [3.8, 4) is 0 Å². The molecule has 1 aromatic carbocycles. The first-order chi connectivity index (χ1) is 12.2. The van der Waals surface area contributed by atoms with Gasteiger partial charge in [0.2, 0.25) is 0 Å². The molecule has 0 saturated heterocycles. The second-order valence-electron chi connectivity index (χ2n) is 5.60. The topological polar surface area (TPSA) is 92.9 Å². The third-order valence-electron chi connectivity index (χ3n) is 3.55. The maximum atomic E-state index is 12.1. The summed E-state index contributed by atoms with van der Waals surface area (Å²) >= 11 is 0. The van der Waals surface area contributed by atoms with Gasteiger partial charge in [0.1, 0.15) is 5.76 Å². The third-order valence-corrected chi connectivity index (χ3v) is 3.55. The smallest absolute Gasteiger partial charge is 0.271 e. The van der Waals surface area contributed by atoms with E-state index < -0.39 is 0 Å². The minimum Gasteiger partial charge on any atom is -0.360 e. The van der Waals surface area contributed by atoms with Gasteiger partial charge in [-0.1, -0.05) is 35.5 Å². The van der Waals surface area contributed by atoms with E-state index in [-0.39, 0.29) is 11.6 Å². The Morgan fingerprint density at radius 3 is 2.60 bits per heavy atom. The predicted molar refractivity (Wildman–Crippen MR) is 93.7 cm³/mol. The van der Waals surface area contributed by atoms with Crippen molar-refractivity contribution in [3.63, 3.8) is 0 Å². The molecule has 0 aliphatic heterocycles. The summed E-state index contributed by atoms with van der Waals surface area (Å²) in [6.07, 6.45) is 1.79. The average Bonchev–Trinajstić information content (AvgIpc) is 3.05. The number of hydrogen-bond acceptors (Lipinski definition) is 6. The summed E-state index contributed by atoms with van der Waals surface area (Å²) < 4.78 is 4.96. The molecule has 0 saturated carbocycles. The van der Waals surface area contributed by atoms with Crippen LogP contribution < -0.4 is 10.6 Å². The molecule has 7 heteroatoms. The van der Waals surface area contributed by atoms with Crippen LogP contribution in [0.1, 0.15) is 28.2 Å². The molecule has 0 bridgehead atoms. The maximum Gasteiger partial charge on any atom is 0.271 e. The van der Waals surface area contributed by atoms with Crippen molar-refractivity contribution in [3.05, 3.63) is 65.5 Å². The van der Waals surface area contributed by atoms with Crippen LogP contribution in [0.4, 0.5) is 11.6 Å². The van der Waals surface area contributed by atoms with E-state index in [1.54, 1.807) is 25.1 Å². The second-order valence-corrected chi connectivity index (χ2v) is 5.60. The molecule has 2 N–H and O–H groups in total. The molecule has 3 aromatic rings. The molecule has 0 atom stereocenters. The van der Waals surface area contributed by atoms with Crippen molar-refractivity contribution < 1.29 is 9.32 Å². The van der Waals surface area contributed by atoms with E-state index in [9.17, 15) is 4.79 Å². The Balaban J connectivity index is 1.45. The zero-order valence-corrected chi connectivity index (χ0v) is 13.9. The highest BCUT2D eigenvalue weighted by Gasteiger charge is 2.08. The predicted octanol–water partition coefficient (Wildman–Crippen LogP) is 2.88.